The van der Waals surface area contributed by atoms with Crippen molar-refractivity contribution < 1.29 is 22.7 Å². The number of primary sulfonamides is 1. The molecule has 8 heteroatoms. The minimum Gasteiger partial charge on any atom is -0.459 e. The Morgan fingerprint density at radius 3 is 2.63 bits per heavy atom. The van der Waals surface area contributed by atoms with Gasteiger partial charge in [0.2, 0.25) is 10.0 Å². The molecule has 1 rings (SSSR count). The minimum atomic E-state index is -3.82. The van der Waals surface area contributed by atoms with E-state index in [0.717, 1.165) is 12.3 Å². The van der Waals surface area contributed by atoms with Crippen LogP contribution in [-0.2, 0) is 19.5 Å². The van der Waals surface area contributed by atoms with Gasteiger partial charge in [-0.05, 0) is 12.0 Å². The van der Waals surface area contributed by atoms with Crippen LogP contribution >= 0.6 is 0 Å². The van der Waals surface area contributed by atoms with Crippen LogP contribution in [0.3, 0.4) is 0 Å². The first-order valence-electron chi connectivity index (χ1n) is 5.77. The molecule has 0 aliphatic carbocycles. The fraction of sp³-hybridized carbons (Fsp3) is 0.545. The van der Waals surface area contributed by atoms with Gasteiger partial charge in [0.1, 0.15) is 17.2 Å². The van der Waals surface area contributed by atoms with Gasteiger partial charge in [-0.25, -0.2) is 18.4 Å². The number of nitrogens with one attached hydrogen (secondary N) is 1. The van der Waals surface area contributed by atoms with Gasteiger partial charge in [-0.15, -0.1) is 0 Å². The quantitative estimate of drug-likeness (QED) is 0.560. The van der Waals surface area contributed by atoms with E-state index < -0.39 is 16.0 Å². The summed E-state index contributed by atoms with van der Waals surface area (Å²) in [5.41, 5.74) is 0.0351. The van der Waals surface area contributed by atoms with Gasteiger partial charge in [-0.1, -0.05) is 13.8 Å². The van der Waals surface area contributed by atoms with Crippen LogP contribution in [0.5, 0.6) is 0 Å². The van der Waals surface area contributed by atoms with Crippen LogP contribution in [0, 0.1) is 5.92 Å². The Bertz CT molecular complexity index is 521. The summed E-state index contributed by atoms with van der Waals surface area (Å²) in [7, 11) is -3.82. The highest BCUT2D eigenvalue weighted by Gasteiger charge is 2.15. The lowest BCUT2D eigenvalue weighted by molar-refractivity contribution is 0.0273. The summed E-state index contributed by atoms with van der Waals surface area (Å²) in [6.45, 7) is 5.02. The van der Waals surface area contributed by atoms with E-state index in [1.807, 2.05) is 13.8 Å². The topological polar surface area (TPSA) is 111 Å². The normalized spacial score (nSPS) is 11.8. The first-order valence-corrected chi connectivity index (χ1v) is 7.31. The molecule has 0 saturated carbocycles. The molecule has 19 heavy (non-hydrogen) atoms. The van der Waals surface area contributed by atoms with Crippen molar-refractivity contribution in [1.82, 2.24) is 4.98 Å². The Morgan fingerprint density at radius 2 is 2.11 bits per heavy atom. The number of aromatic nitrogens is 1. The highest BCUT2D eigenvalue weighted by atomic mass is 32.2. The molecule has 0 aliphatic rings. The molecule has 0 spiro atoms. The first-order chi connectivity index (χ1) is 8.80. The van der Waals surface area contributed by atoms with E-state index >= 15 is 0 Å². The Hall–Kier alpha value is -1.38. The van der Waals surface area contributed by atoms with Gasteiger partial charge in [0.25, 0.3) is 0 Å². The van der Waals surface area contributed by atoms with Crippen molar-refractivity contribution in [2.75, 3.05) is 19.8 Å². The lowest BCUT2D eigenvalue weighted by Crippen LogP contribution is -2.13. The average Bonchev–Trinajstić information content (AvgIpc) is 2.76. The molecular weight excluding hydrogens is 272 g/mol. The molecule has 0 atom stereocenters. The second-order valence-corrected chi connectivity index (χ2v) is 5.96. The fourth-order valence-electron chi connectivity index (χ4n) is 1.25. The zero-order valence-corrected chi connectivity index (χ0v) is 11.7. The zero-order chi connectivity index (χ0) is 14.5. The van der Waals surface area contributed by atoms with Gasteiger partial charge in [-0.3, -0.25) is 0 Å². The van der Waals surface area contributed by atoms with E-state index in [0.29, 0.717) is 19.1 Å². The summed E-state index contributed by atoms with van der Waals surface area (Å²) in [6, 6.07) is 1.13. The molecule has 7 nitrogen and oxygen atoms in total. The van der Waals surface area contributed by atoms with Gasteiger partial charge >= 0.3 is 5.97 Å². The molecule has 3 N–H and O–H groups in total. The number of esters is 1. The van der Waals surface area contributed by atoms with Crippen LogP contribution in [0.4, 0.5) is 0 Å². The van der Waals surface area contributed by atoms with Crippen molar-refractivity contribution in [1.29, 1.82) is 0 Å². The predicted octanol–water partition coefficient (Wildman–Crippen LogP) is 0.491. The molecule has 0 amide bonds. The second kappa shape index (κ2) is 6.69. The smallest absolute Gasteiger partial charge is 0.354 e. The summed E-state index contributed by atoms with van der Waals surface area (Å²) < 4.78 is 32.2. The molecular formula is C11H18N2O5S. The highest BCUT2D eigenvalue weighted by Crippen LogP contribution is 2.09. The Morgan fingerprint density at radius 1 is 1.42 bits per heavy atom. The van der Waals surface area contributed by atoms with Gasteiger partial charge in [0.05, 0.1) is 6.61 Å². The summed E-state index contributed by atoms with van der Waals surface area (Å²) in [5.74, 6) is -0.237. The molecule has 0 fully saturated rings. The molecule has 108 valence electrons. The summed E-state index contributed by atoms with van der Waals surface area (Å²) in [5, 5.41) is 4.92. The predicted molar refractivity (Wildman–Crippen MR) is 68.1 cm³/mol. The number of H-pyrrole nitrogens is 1. The Kier molecular flexibility index (Phi) is 5.52. The second-order valence-electron chi connectivity index (χ2n) is 4.40. The van der Waals surface area contributed by atoms with Crippen molar-refractivity contribution in [2.45, 2.75) is 18.7 Å². The average molecular weight is 290 g/mol. The van der Waals surface area contributed by atoms with E-state index in [9.17, 15) is 13.2 Å². The Balaban J connectivity index is 2.40. The number of hydrogen-bond donors (Lipinski definition) is 2. The van der Waals surface area contributed by atoms with Gasteiger partial charge in [0.15, 0.2) is 0 Å². The molecule has 0 radical (unpaired) electrons. The molecule has 0 aromatic carbocycles. The van der Waals surface area contributed by atoms with Crippen molar-refractivity contribution in [3.8, 4) is 0 Å². The number of aromatic amines is 1. The SMILES string of the molecule is CC(C)COCCOC(=O)c1cc(S(N)(=O)=O)c[nH]1. The minimum absolute atomic E-state index is 0.0351. The molecule has 0 saturated heterocycles. The molecule has 0 unspecified atom stereocenters. The standard InChI is InChI=1S/C11H18N2O5S/c1-8(2)7-17-3-4-18-11(14)10-5-9(6-13-10)19(12,15)16/h5-6,8,13H,3-4,7H2,1-2H3,(H2,12,15,16). The van der Waals surface area contributed by atoms with Crippen molar-refractivity contribution >= 4 is 16.0 Å². The lowest BCUT2D eigenvalue weighted by Gasteiger charge is -2.07. The zero-order valence-electron chi connectivity index (χ0n) is 10.9. The monoisotopic (exact) mass is 290 g/mol. The number of carbonyl (C=O) groups is 1. The number of carbonyl (C=O) groups excluding carboxylic acids is 1. The third kappa shape index (κ3) is 5.41. The van der Waals surface area contributed by atoms with E-state index in [1.54, 1.807) is 0 Å². The van der Waals surface area contributed by atoms with E-state index in [4.69, 9.17) is 14.6 Å². The maximum absolute atomic E-state index is 11.5. The maximum Gasteiger partial charge on any atom is 0.354 e. The number of sulfonamides is 1. The number of ether oxygens (including phenoxy) is 2. The Labute approximate surface area is 112 Å². The van der Waals surface area contributed by atoms with E-state index in [2.05, 4.69) is 4.98 Å². The number of rotatable bonds is 7. The van der Waals surface area contributed by atoms with E-state index in [-0.39, 0.29) is 17.2 Å². The summed E-state index contributed by atoms with van der Waals surface area (Å²) in [4.78, 5) is 13.9. The van der Waals surface area contributed by atoms with Crippen LogP contribution in [0.15, 0.2) is 17.2 Å². The molecule has 1 aromatic heterocycles. The van der Waals surface area contributed by atoms with Crippen LogP contribution in [0.2, 0.25) is 0 Å². The summed E-state index contributed by atoms with van der Waals surface area (Å²) in [6.07, 6.45) is 1.14. The summed E-state index contributed by atoms with van der Waals surface area (Å²) >= 11 is 0. The van der Waals surface area contributed by atoms with Crippen LogP contribution in [0.1, 0.15) is 24.3 Å². The van der Waals surface area contributed by atoms with Gasteiger partial charge in [-0.2, -0.15) is 0 Å². The van der Waals surface area contributed by atoms with Crippen LogP contribution in [-0.4, -0.2) is 39.2 Å². The third-order valence-electron chi connectivity index (χ3n) is 2.12. The molecule has 1 aromatic rings. The fourth-order valence-corrected chi connectivity index (χ4v) is 1.75. The first kappa shape index (κ1) is 15.7. The molecule has 0 aliphatic heterocycles. The van der Waals surface area contributed by atoms with Gasteiger partial charge < -0.3 is 14.5 Å². The lowest BCUT2D eigenvalue weighted by atomic mass is 10.2. The third-order valence-corrected chi connectivity index (χ3v) is 3.01. The largest absolute Gasteiger partial charge is 0.459 e. The number of hydrogen-bond acceptors (Lipinski definition) is 5. The molecule has 1 heterocycles. The maximum atomic E-state index is 11.5. The van der Waals surface area contributed by atoms with Crippen molar-refractivity contribution in [3.05, 3.63) is 18.0 Å². The van der Waals surface area contributed by atoms with Crippen molar-refractivity contribution in [3.63, 3.8) is 0 Å². The molecule has 0 bridgehead atoms. The van der Waals surface area contributed by atoms with E-state index in [1.165, 1.54) is 0 Å². The van der Waals surface area contributed by atoms with Crippen molar-refractivity contribution in [2.24, 2.45) is 11.1 Å². The van der Waals surface area contributed by atoms with Crippen LogP contribution in [0.25, 0.3) is 0 Å². The number of nitrogens with two attached hydrogens (primary N) is 1. The van der Waals surface area contributed by atoms with Gasteiger partial charge in [0, 0.05) is 12.8 Å². The van der Waals surface area contributed by atoms with Crippen LogP contribution < -0.4 is 5.14 Å². The highest BCUT2D eigenvalue weighted by molar-refractivity contribution is 7.89.